The Morgan fingerprint density at radius 2 is 1.67 bits per heavy atom. The van der Waals surface area contributed by atoms with Crippen molar-refractivity contribution in [1.29, 1.82) is 0 Å². The summed E-state index contributed by atoms with van der Waals surface area (Å²) >= 11 is 1.32. The van der Waals surface area contributed by atoms with Crippen LogP contribution in [0.3, 0.4) is 0 Å². The molecule has 0 atom stereocenters. The number of aryl methyl sites for hydroxylation is 3. The van der Waals surface area contributed by atoms with Crippen LogP contribution in [-0.4, -0.2) is 30.7 Å². The molecule has 2 heterocycles. The van der Waals surface area contributed by atoms with Crippen molar-refractivity contribution >= 4 is 34.2 Å². The van der Waals surface area contributed by atoms with Gasteiger partial charge < -0.3 is 0 Å². The lowest BCUT2D eigenvalue weighted by Gasteiger charge is -2.11. The third-order valence-corrected chi connectivity index (χ3v) is 6.78. The van der Waals surface area contributed by atoms with Gasteiger partial charge in [-0.3, -0.25) is 14.0 Å². The van der Waals surface area contributed by atoms with Crippen molar-refractivity contribution in [2.75, 3.05) is 5.75 Å². The number of nitrogens with zero attached hydrogens (tertiary/aromatic N) is 4. The van der Waals surface area contributed by atoms with Crippen LogP contribution < -0.4 is 5.56 Å². The Morgan fingerprint density at radius 3 is 2.42 bits per heavy atom. The molecule has 7 heteroatoms. The average molecular weight is 455 g/mol. The number of hydrogen-bond acceptors (Lipinski definition) is 5. The number of aromatic nitrogens is 4. The van der Waals surface area contributed by atoms with E-state index in [2.05, 4.69) is 10.2 Å². The highest BCUT2D eigenvalue weighted by Crippen LogP contribution is 2.24. The Balaban J connectivity index is 1.61. The number of benzene rings is 3. The fraction of sp³-hybridized carbons (Fsp3) is 0.154. The maximum atomic E-state index is 13.4. The third-order valence-electron chi connectivity index (χ3n) is 5.85. The first kappa shape index (κ1) is 21.2. The quantitative estimate of drug-likeness (QED) is 0.278. The minimum atomic E-state index is -0.155. The van der Waals surface area contributed by atoms with Gasteiger partial charge >= 0.3 is 0 Å². The predicted octanol–water partition coefficient (Wildman–Crippen LogP) is 4.93. The van der Waals surface area contributed by atoms with E-state index in [1.807, 2.05) is 85.8 Å². The number of para-hydroxylation sites is 1. The third kappa shape index (κ3) is 3.74. The first-order valence-corrected chi connectivity index (χ1v) is 11.6. The van der Waals surface area contributed by atoms with Gasteiger partial charge in [0.15, 0.2) is 10.9 Å². The molecule has 164 valence electrons. The second-order valence-electron chi connectivity index (χ2n) is 8.12. The summed E-state index contributed by atoms with van der Waals surface area (Å²) in [6, 6.07) is 20.9. The molecule has 0 aliphatic rings. The van der Waals surface area contributed by atoms with Crippen LogP contribution in [0, 0.1) is 20.8 Å². The highest BCUT2D eigenvalue weighted by molar-refractivity contribution is 7.99. The number of Topliss-reactive ketones (excluding diaryl/α,β-unsaturated/α-hetero) is 1. The molecule has 3 aromatic carbocycles. The SMILES string of the molecule is Cc1ccc(-n2c(=O)c3ccccc3n3c(SCC(=O)c4ccc(C)c(C)c4)nnc23)cc1. The molecule has 0 saturated heterocycles. The first-order chi connectivity index (χ1) is 15.9. The van der Waals surface area contributed by atoms with Gasteiger partial charge in [-0.15, -0.1) is 10.2 Å². The van der Waals surface area contributed by atoms with Gasteiger partial charge in [0.25, 0.3) is 5.56 Å². The second kappa shape index (κ2) is 8.33. The molecule has 0 fully saturated rings. The van der Waals surface area contributed by atoms with Crippen LogP contribution in [0.1, 0.15) is 27.0 Å². The average Bonchev–Trinajstić information content (AvgIpc) is 3.24. The van der Waals surface area contributed by atoms with Gasteiger partial charge in [0, 0.05) is 5.56 Å². The topological polar surface area (TPSA) is 69.3 Å². The van der Waals surface area contributed by atoms with Crippen molar-refractivity contribution in [3.05, 3.63) is 99.3 Å². The largest absolute Gasteiger partial charge is 0.293 e. The van der Waals surface area contributed by atoms with E-state index in [0.717, 1.165) is 22.4 Å². The van der Waals surface area contributed by atoms with Gasteiger partial charge in [0.1, 0.15) is 0 Å². The Bertz CT molecular complexity index is 1580. The molecule has 0 aliphatic carbocycles. The lowest BCUT2D eigenvalue weighted by atomic mass is 10.0. The van der Waals surface area contributed by atoms with Crippen molar-refractivity contribution < 1.29 is 4.79 Å². The molecule has 0 amide bonds. The first-order valence-electron chi connectivity index (χ1n) is 10.6. The van der Waals surface area contributed by atoms with E-state index < -0.39 is 0 Å². The molecule has 0 N–H and O–H groups in total. The summed E-state index contributed by atoms with van der Waals surface area (Å²) in [5.74, 6) is 0.668. The smallest absolute Gasteiger partial charge is 0.267 e. The molecule has 5 aromatic rings. The molecule has 0 radical (unpaired) electrons. The number of ketones is 1. The number of rotatable bonds is 5. The summed E-state index contributed by atoms with van der Waals surface area (Å²) in [5.41, 5.74) is 5.31. The summed E-state index contributed by atoms with van der Waals surface area (Å²) in [7, 11) is 0. The fourth-order valence-electron chi connectivity index (χ4n) is 3.83. The predicted molar refractivity (Wildman–Crippen MR) is 132 cm³/mol. The van der Waals surface area contributed by atoms with Crippen molar-refractivity contribution in [3.63, 3.8) is 0 Å². The molecule has 0 aliphatic heterocycles. The molecule has 33 heavy (non-hydrogen) atoms. The van der Waals surface area contributed by atoms with Crippen molar-refractivity contribution in [1.82, 2.24) is 19.2 Å². The summed E-state index contributed by atoms with van der Waals surface area (Å²) in [5, 5.41) is 9.83. The molecular formula is C26H22N4O2S. The van der Waals surface area contributed by atoms with E-state index in [4.69, 9.17) is 0 Å². The number of thioether (sulfide) groups is 1. The second-order valence-corrected chi connectivity index (χ2v) is 9.06. The van der Waals surface area contributed by atoms with Gasteiger partial charge in [0.05, 0.1) is 22.3 Å². The maximum Gasteiger partial charge on any atom is 0.267 e. The van der Waals surface area contributed by atoms with Crippen LogP contribution in [0.5, 0.6) is 0 Å². The zero-order chi connectivity index (χ0) is 23.1. The molecule has 0 saturated carbocycles. The molecule has 0 bridgehead atoms. The highest BCUT2D eigenvalue weighted by Gasteiger charge is 2.19. The van der Waals surface area contributed by atoms with Crippen LogP contribution >= 0.6 is 11.8 Å². The lowest BCUT2D eigenvalue weighted by molar-refractivity contribution is 0.102. The van der Waals surface area contributed by atoms with E-state index in [-0.39, 0.29) is 17.1 Å². The zero-order valence-corrected chi connectivity index (χ0v) is 19.4. The molecular weight excluding hydrogens is 432 g/mol. The number of carbonyl (C=O) groups is 1. The molecule has 0 spiro atoms. The van der Waals surface area contributed by atoms with Crippen LogP contribution in [0.4, 0.5) is 0 Å². The summed E-state index contributed by atoms with van der Waals surface area (Å²) in [6.07, 6.45) is 0. The molecule has 5 rings (SSSR count). The fourth-order valence-corrected chi connectivity index (χ4v) is 4.66. The van der Waals surface area contributed by atoms with Crippen LogP contribution in [0.2, 0.25) is 0 Å². The summed E-state index contributed by atoms with van der Waals surface area (Å²) in [4.78, 5) is 26.2. The van der Waals surface area contributed by atoms with Gasteiger partial charge in [0.2, 0.25) is 5.78 Å². The monoisotopic (exact) mass is 454 g/mol. The Morgan fingerprint density at radius 1 is 0.909 bits per heavy atom. The molecule has 6 nitrogen and oxygen atoms in total. The standard InChI is InChI=1S/C26H22N4O2S/c1-16-8-12-20(13-9-16)29-24(32)21-6-4-5-7-22(21)30-25(29)27-28-26(30)33-15-23(31)19-11-10-17(2)18(3)14-19/h4-14H,15H2,1-3H3. The van der Waals surface area contributed by atoms with E-state index in [1.54, 1.807) is 10.6 Å². The van der Waals surface area contributed by atoms with E-state index in [0.29, 0.717) is 27.4 Å². The van der Waals surface area contributed by atoms with Gasteiger partial charge in [-0.2, -0.15) is 0 Å². The Kier molecular flexibility index (Phi) is 5.34. The number of fused-ring (bicyclic) bond motifs is 3. The number of hydrogen-bond donors (Lipinski definition) is 0. The van der Waals surface area contributed by atoms with Crippen molar-refractivity contribution in [2.45, 2.75) is 25.9 Å². The van der Waals surface area contributed by atoms with Crippen molar-refractivity contribution in [2.24, 2.45) is 0 Å². The lowest BCUT2D eigenvalue weighted by Crippen LogP contribution is -2.21. The van der Waals surface area contributed by atoms with Gasteiger partial charge in [-0.25, -0.2) is 4.57 Å². The van der Waals surface area contributed by atoms with E-state index in [9.17, 15) is 9.59 Å². The normalized spacial score (nSPS) is 11.4. The van der Waals surface area contributed by atoms with E-state index >= 15 is 0 Å². The van der Waals surface area contributed by atoms with Crippen molar-refractivity contribution in [3.8, 4) is 5.69 Å². The van der Waals surface area contributed by atoms with Gasteiger partial charge in [-0.05, 0) is 62.2 Å². The Labute approximate surface area is 194 Å². The Hall–Kier alpha value is -3.71. The highest BCUT2D eigenvalue weighted by atomic mass is 32.2. The minimum Gasteiger partial charge on any atom is -0.293 e. The van der Waals surface area contributed by atoms with Crippen LogP contribution in [-0.2, 0) is 0 Å². The minimum absolute atomic E-state index is 0.0241. The van der Waals surface area contributed by atoms with Crippen LogP contribution in [0.25, 0.3) is 22.4 Å². The van der Waals surface area contributed by atoms with E-state index in [1.165, 1.54) is 11.8 Å². The van der Waals surface area contributed by atoms with Crippen LogP contribution in [0.15, 0.2) is 76.7 Å². The molecule has 0 unspecified atom stereocenters. The van der Waals surface area contributed by atoms with Gasteiger partial charge in [-0.1, -0.05) is 53.7 Å². The maximum absolute atomic E-state index is 13.4. The summed E-state index contributed by atoms with van der Waals surface area (Å²) in [6.45, 7) is 6.03. The summed E-state index contributed by atoms with van der Waals surface area (Å²) < 4.78 is 3.43. The number of carbonyl (C=O) groups excluding carboxylic acids is 1. The zero-order valence-electron chi connectivity index (χ0n) is 18.6. The molecule has 2 aromatic heterocycles.